The molecule has 0 aliphatic rings. The Hall–Kier alpha value is -1.64. The Kier molecular flexibility index (Phi) is 3.04. The van der Waals surface area contributed by atoms with Crippen LogP contribution in [-0.4, -0.2) is 10.2 Å². The summed E-state index contributed by atoms with van der Waals surface area (Å²) in [4.78, 5) is 0. The molecule has 0 spiro atoms. The van der Waals surface area contributed by atoms with Gasteiger partial charge >= 0.3 is 0 Å². The summed E-state index contributed by atoms with van der Waals surface area (Å²) in [5, 5.41) is 14.5. The Morgan fingerprint density at radius 3 is 2.69 bits per heavy atom. The van der Waals surface area contributed by atoms with Gasteiger partial charge in [0.15, 0.2) is 5.82 Å². The summed E-state index contributed by atoms with van der Waals surface area (Å²) in [5.41, 5.74) is 13.2. The van der Waals surface area contributed by atoms with E-state index in [4.69, 9.17) is 11.5 Å². The van der Waals surface area contributed by atoms with Crippen molar-refractivity contribution in [1.29, 1.82) is 0 Å². The second-order valence-corrected chi connectivity index (χ2v) is 4.12. The van der Waals surface area contributed by atoms with Crippen molar-refractivity contribution in [2.24, 2.45) is 10.2 Å². The van der Waals surface area contributed by atoms with E-state index in [1.165, 1.54) is 0 Å². The topological polar surface area (TPSA) is 105 Å². The molecule has 2 rings (SSSR count). The van der Waals surface area contributed by atoms with Crippen molar-refractivity contribution < 1.29 is 0 Å². The minimum atomic E-state index is 0.529. The molecule has 0 saturated carbocycles. The summed E-state index contributed by atoms with van der Waals surface area (Å²) >= 11 is 2.09. The number of aromatic nitrogens is 2. The van der Waals surface area contributed by atoms with Crippen LogP contribution in [-0.2, 0) is 0 Å². The Bertz CT molecular complexity index is 519. The molecular formula is C9H9IN6. The summed E-state index contributed by atoms with van der Waals surface area (Å²) in [6, 6.07) is 5.20. The smallest absolute Gasteiger partial charge is 0.170 e. The molecule has 1 aromatic heterocycles. The van der Waals surface area contributed by atoms with E-state index in [0.29, 0.717) is 22.9 Å². The van der Waals surface area contributed by atoms with Gasteiger partial charge in [-0.2, -0.15) is 5.10 Å². The van der Waals surface area contributed by atoms with E-state index in [1.807, 2.05) is 0 Å². The first-order valence-corrected chi connectivity index (χ1v) is 5.51. The zero-order valence-electron chi connectivity index (χ0n) is 8.18. The van der Waals surface area contributed by atoms with Crippen molar-refractivity contribution >= 4 is 45.5 Å². The highest BCUT2D eigenvalue weighted by Gasteiger charge is 2.05. The van der Waals surface area contributed by atoms with E-state index in [2.05, 4.69) is 43.0 Å². The third-order valence-corrected chi connectivity index (χ3v) is 3.08. The Balaban J connectivity index is 2.32. The molecule has 7 heteroatoms. The van der Waals surface area contributed by atoms with Crippen LogP contribution in [0.2, 0.25) is 0 Å². The van der Waals surface area contributed by atoms with Gasteiger partial charge in [-0.1, -0.05) is 0 Å². The molecule has 0 aliphatic heterocycles. The maximum Gasteiger partial charge on any atom is 0.170 e. The van der Waals surface area contributed by atoms with Crippen LogP contribution in [0.4, 0.5) is 22.9 Å². The van der Waals surface area contributed by atoms with Crippen LogP contribution in [0.25, 0.3) is 0 Å². The molecule has 2 aromatic rings. The number of hydrogen-bond acceptors (Lipinski definition) is 5. The number of azo groups is 1. The van der Waals surface area contributed by atoms with Gasteiger partial charge in [-0.3, -0.25) is 5.10 Å². The first-order chi connectivity index (χ1) is 7.68. The van der Waals surface area contributed by atoms with Gasteiger partial charge in [-0.15, -0.1) is 10.2 Å². The van der Waals surface area contributed by atoms with E-state index in [0.717, 1.165) is 3.57 Å². The molecule has 0 aliphatic carbocycles. The molecule has 0 amide bonds. The summed E-state index contributed by atoms with van der Waals surface area (Å²) in [6.07, 6.45) is 1.61. The summed E-state index contributed by atoms with van der Waals surface area (Å²) in [5.74, 6) is 0.589. The Labute approximate surface area is 105 Å². The molecule has 1 aromatic carbocycles. The molecule has 16 heavy (non-hydrogen) atoms. The molecule has 0 fully saturated rings. The number of aromatic amines is 1. The van der Waals surface area contributed by atoms with Crippen LogP contribution >= 0.6 is 22.6 Å². The second kappa shape index (κ2) is 4.47. The summed E-state index contributed by atoms with van der Waals surface area (Å²) in [7, 11) is 0. The van der Waals surface area contributed by atoms with Crippen molar-refractivity contribution in [2.45, 2.75) is 0 Å². The first-order valence-electron chi connectivity index (χ1n) is 4.43. The molecule has 5 N–H and O–H groups in total. The second-order valence-electron chi connectivity index (χ2n) is 3.04. The predicted molar refractivity (Wildman–Crippen MR) is 70.7 cm³/mol. The molecule has 0 bridgehead atoms. The van der Waals surface area contributed by atoms with Crippen LogP contribution in [0.5, 0.6) is 0 Å². The van der Waals surface area contributed by atoms with E-state index in [9.17, 15) is 0 Å². The summed E-state index contributed by atoms with van der Waals surface area (Å²) in [6.45, 7) is 0. The van der Waals surface area contributed by atoms with Crippen LogP contribution < -0.4 is 11.5 Å². The van der Waals surface area contributed by atoms with Crippen LogP contribution in [0.3, 0.4) is 0 Å². The van der Waals surface area contributed by atoms with Gasteiger partial charge in [-0.25, -0.2) is 0 Å². The fourth-order valence-electron chi connectivity index (χ4n) is 1.09. The van der Waals surface area contributed by atoms with Gasteiger partial charge in [0.05, 0.1) is 21.1 Å². The highest BCUT2D eigenvalue weighted by molar-refractivity contribution is 14.1. The third-order valence-electron chi connectivity index (χ3n) is 1.94. The number of anilines is 2. The maximum absolute atomic E-state index is 5.78. The van der Waals surface area contributed by atoms with Gasteiger partial charge in [0.1, 0.15) is 5.69 Å². The van der Waals surface area contributed by atoms with E-state index in [-0.39, 0.29) is 0 Å². The van der Waals surface area contributed by atoms with Crippen molar-refractivity contribution in [1.82, 2.24) is 10.2 Å². The lowest BCUT2D eigenvalue weighted by Crippen LogP contribution is -1.96. The lowest BCUT2D eigenvalue weighted by molar-refractivity contribution is 1.05. The van der Waals surface area contributed by atoms with E-state index in [1.54, 1.807) is 24.4 Å². The molecule has 0 saturated heterocycles. The van der Waals surface area contributed by atoms with Crippen LogP contribution in [0.1, 0.15) is 0 Å². The molecule has 6 nitrogen and oxygen atoms in total. The molecular weight excluding hydrogens is 319 g/mol. The van der Waals surface area contributed by atoms with Crippen molar-refractivity contribution in [3.63, 3.8) is 0 Å². The lowest BCUT2D eigenvalue weighted by Gasteiger charge is -2.04. The number of nitrogens with zero attached hydrogens (tertiary/aromatic N) is 3. The average Bonchev–Trinajstić information content (AvgIpc) is 2.78. The highest BCUT2D eigenvalue weighted by atomic mass is 127. The van der Waals surface area contributed by atoms with Gasteiger partial charge in [0.25, 0.3) is 0 Å². The zero-order valence-corrected chi connectivity index (χ0v) is 10.3. The van der Waals surface area contributed by atoms with Gasteiger partial charge < -0.3 is 11.5 Å². The third kappa shape index (κ3) is 2.13. The predicted octanol–water partition coefficient (Wildman–Crippen LogP) is 2.59. The van der Waals surface area contributed by atoms with E-state index < -0.39 is 0 Å². The number of H-pyrrole nitrogens is 1. The Morgan fingerprint density at radius 1 is 1.19 bits per heavy atom. The fourth-order valence-corrected chi connectivity index (χ4v) is 1.68. The first kappa shape index (κ1) is 10.9. The maximum atomic E-state index is 5.78. The van der Waals surface area contributed by atoms with Crippen molar-refractivity contribution in [2.75, 3.05) is 11.5 Å². The van der Waals surface area contributed by atoms with Gasteiger partial charge in [0, 0.05) is 6.07 Å². The largest absolute Gasteiger partial charge is 0.397 e. The molecule has 82 valence electrons. The number of nitrogens with two attached hydrogens (primary N) is 2. The van der Waals surface area contributed by atoms with Crippen LogP contribution in [0.15, 0.2) is 34.6 Å². The molecule has 0 radical (unpaired) electrons. The van der Waals surface area contributed by atoms with Crippen molar-refractivity contribution in [3.8, 4) is 0 Å². The number of nitrogen functional groups attached to an aromatic ring is 2. The summed E-state index contributed by atoms with van der Waals surface area (Å²) < 4.78 is 0.792. The number of hydrogen-bond donors (Lipinski definition) is 3. The van der Waals surface area contributed by atoms with E-state index >= 15 is 0 Å². The fraction of sp³-hybridized carbons (Fsp3) is 0. The standard InChI is InChI=1S/C9H9IN6/c10-8-6(2-1-5(11)9(8)12)14-16-7-3-4-13-15-7/h1-4H,11-12H2,(H,13,15). The number of benzene rings is 1. The monoisotopic (exact) mass is 328 g/mol. The normalized spacial score (nSPS) is 11.1. The zero-order chi connectivity index (χ0) is 11.5. The Morgan fingerprint density at radius 2 is 2.00 bits per heavy atom. The average molecular weight is 328 g/mol. The number of halogens is 1. The molecule has 1 heterocycles. The number of rotatable bonds is 2. The number of nitrogens with one attached hydrogen (secondary N) is 1. The quantitative estimate of drug-likeness (QED) is 0.448. The van der Waals surface area contributed by atoms with Crippen LogP contribution in [0, 0.1) is 3.57 Å². The molecule has 0 atom stereocenters. The van der Waals surface area contributed by atoms with Gasteiger partial charge in [-0.05, 0) is 34.7 Å². The minimum Gasteiger partial charge on any atom is -0.397 e. The van der Waals surface area contributed by atoms with Crippen molar-refractivity contribution in [3.05, 3.63) is 28.0 Å². The minimum absolute atomic E-state index is 0.529. The van der Waals surface area contributed by atoms with Gasteiger partial charge in [0.2, 0.25) is 0 Å². The highest BCUT2D eigenvalue weighted by Crippen LogP contribution is 2.31. The molecule has 0 unspecified atom stereocenters. The lowest BCUT2D eigenvalue weighted by atomic mass is 10.2. The SMILES string of the molecule is Nc1ccc(N=Nc2ccn[nH]2)c(I)c1N.